The van der Waals surface area contributed by atoms with Crippen molar-refractivity contribution in [2.24, 2.45) is 5.92 Å². The number of esters is 1. The molecule has 3 aromatic rings. The molecule has 0 saturated carbocycles. The van der Waals surface area contributed by atoms with Crippen molar-refractivity contribution < 1.29 is 19.1 Å². The molecular weight excluding hydrogens is 567 g/mol. The molecule has 1 aromatic carbocycles. The summed E-state index contributed by atoms with van der Waals surface area (Å²) >= 11 is 14.9. The topological polar surface area (TPSA) is 95.3 Å². The van der Waals surface area contributed by atoms with E-state index >= 15 is 0 Å². The van der Waals surface area contributed by atoms with E-state index in [1.54, 1.807) is 24.3 Å². The first-order valence-electron chi connectivity index (χ1n) is 12.0. The largest absolute Gasteiger partial charge is 0.481 e. The average molecular weight is 596 g/mol. The van der Waals surface area contributed by atoms with E-state index in [-0.39, 0.29) is 11.7 Å². The number of aromatic nitrogens is 3. The van der Waals surface area contributed by atoms with Crippen LogP contribution in [0.1, 0.15) is 53.0 Å². The van der Waals surface area contributed by atoms with Crippen LogP contribution in [0.25, 0.3) is 0 Å². The Labute approximate surface area is 239 Å². The summed E-state index contributed by atoms with van der Waals surface area (Å²) in [5.74, 6) is 0.973. The van der Waals surface area contributed by atoms with Gasteiger partial charge in [-0.1, -0.05) is 48.0 Å². The van der Waals surface area contributed by atoms with E-state index in [9.17, 15) is 9.59 Å². The number of thioether (sulfide) groups is 1. The first-order valence-corrected chi connectivity index (χ1v) is 14.6. The second kappa shape index (κ2) is 12.5. The van der Waals surface area contributed by atoms with Gasteiger partial charge in [-0.05, 0) is 55.9 Å². The summed E-state index contributed by atoms with van der Waals surface area (Å²) in [6.45, 7) is 8.28. The summed E-state index contributed by atoms with van der Waals surface area (Å²) in [7, 11) is 1.36. The van der Waals surface area contributed by atoms with Crippen LogP contribution in [0.2, 0.25) is 10.0 Å². The van der Waals surface area contributed by atoms with Crippen molar-refractivity contribution in [1.29, 1.82) is 0 Å². The predicted molar refractivity (Wildman–Crippen MR) is 152 cm³/mol. The smallest absolute Gasteiger partial charge is 0.341 e. The Bertz CT molecular complexity index is 1360. The highest BCUT2D eigenvalue weighted by Crippen LogP contribution is 2.40. The fourth-order valence-electron chi connectivity index (χ4n) is 4.27. The molecule has 0 radical (unpaired) electrons. The van der Waals surface area contributed by atoms with Crippen LogP contribution in [-0.2, 0) is 28.9 Å². The van der Waals surface area contributed by atoms with Crippen molar-refractivity contribution in [2.75, 3.05) is 18.2 Å². The van der Waals surface area contributed by atoms with Gasteiger partial charge in [0.15, 0.2) is 17.1 Å². The Hall–Kier alpha value is -2.53. The summed E-state index contributed by atoms with van der Waals surface area (Å²) < 4.78 is 12.9. The van der Waals surface area contributed by atoms with E-state index in [0.717, 1.165) is 29.7 Å². The molecule has 0 fully saturated rings. The molecule has 2 atom stereocenters. The minimum absolute atomic E-state index is 0.0765. The number of methoxy groups -OCH3 is 1. The fraction of sp³-hybridized carbons (Fsp3) is 0.385. The van der Waals surface area contributed by atoms with Crippen LogP contribution in [0.5, 0.6) is 5.75 Å². The quantitative estimate of drug-likeness (QED) is 0.160. The molecule has 0 saturated heterocycles. The molecule has 8 nitrogen and oxygen atoms in total. The number of ether oxygens (including phenoxy) is 2. The summed E-state index contributed by atoms with van der Waals surface area (Å²) in [4.78, 5) is 26.6. The van der Waals surface area contributed by atoms with Gasteiger partial charge in [0.2, 0.25) is 5.91 Å². The zero-order valence-electron chi connectivity index (χ0n) is 21.3. The Morgan fingerprint density at radius 3 is 2.87 bits per heavy atom. The molecule has 0 spiro atoms. The molecule has 202 valence electrons. The maximum atomic E-state index is 12.9. The molecule has 0 aliphatic heterocycles. The van der Waals surface area contributed by atoms with Crippen molar-refractivity contribution in [2.45, 2.75) is 50.9 Å². The highest BCUT2D eigenvalue weighted by Gasteiger charge is 2.29. The number of hydrogen-bond acceptors (Lipinski definition) is 8. The summed E-state index contributed by atoms with van der Waals surface area (Å²) in [6.07, 6.45) is 3.94. The van der Waals surface area contributed by atoms with Crippen molar-refractivity contribution >= 4 is 63.2 Å². The van der Waals surface area contributed by atoms with Crippen LogP contribution >= 0.6 is 46.3 Å². The lowest BCUT2D eigenvalue weighted by Gasteiger charge is -2.18. The highest BCUT2D eigenvalue weighted by atomic mass is 35.5. The number of benzene rings is 1. The number of carbonyl (C=O) groups excluding carboxylic acids is 2. The molecule has 0 bridgehead atoms. The van der Waals surface area contributed by atoms with Gasteiger partial charge in [0.25, 0.3) is 0 Å². The first-order chi connectivity index (χ1) is 18.2. The molecule has 38 heavy (non-hydrogen) atoms. The van der Waals surface area contributed by atoms with Gasteiger partial charge in [-0.2, -0.15) is 0 Å². The van der Waals surface area contributed by atoms with Gasteiger partial charge in [-0.15, -0.1) is 28.1 Å². The molecule has 1 amide bonds. The molecule has 2 aromatic heterocycles. The van der Waals surface area contributed by atoms with E-state index in [4.69, 9.17) is 32.7 Å². The van der Waals surface area contributed by atoms with Gasteiger partial charge in [0.05, 0.1) is 23.4 Å². The van der Waals surface area contributed by atoms with E-state index in [0.29, 0.717) is 49.8 Å². The standard InChI is InChI=1S/C26H28Cl2N4O4S2/c1-5-10-32-23(15(3)36-19-9-7-16(27)12-18(19)28)30-31-26(32)37-13-21(33)29-24-22(25(34)35-4)17-8-6-14(2)11-20(17)38-24/h5,7,9,12,14-15H,1,6,8,10-11,13H2,2-4H3,(H,29,33). The second-order valence-corrected chi connectivity index (χ2v) is 11.9. The molecule has 1 aliphatic rings. The van der Waals surface area contributed by atoms with E-state index in [1.165, 1.54) is 30.2 Å². The number of rotatable bonds is 10. The average Bonchev–Trinajstić information content (AvgIpc) is 3.44. The molecule has 2 heterocycles. The number of anilines is 1. The summed E-state index contributed by atoms with van der Waals surface area (Å²) in [6, 6.07) is 5.00. The predicted octanol–water partition coefficient (Wildman–Crippen LogP) is 6.61. The third kappa shape index (κ3) is 6.36. The van der Waals surface area contributed by atoms with Crippen molar-refractivity contribution in [3.63, 3.8) is 0 Å². The number of hydrogen-bond donors (Lipinski definition) is 1. The molecule has 2 unspecified atom stereocenters. The molecular formula is C26H28Cl2N4O4S2. The number of nitrogens with one attached hydrogen (secondary N) is 1. The third-order valence-electron chi connectivity index (χ3n) is 6.10. The Morgan fingerprint density at radius 1 is 1.37 bits per heavy atom. The van der Waals surface area contributed by atoms with Crippen LogP contribution in [0.15, 0.2) is 36.0 Å². The maximum Gasteiger partial charge on any atom is 0.341 e. The SMILES string of the molecule is C=CCn1c(SCC(=O)Nc2sc3c(c2C(=O)OC)CCC(C)C3)nnc1C(C)Oc1ccc(Cl)cc1Cl. The van der Waals surface area contributed by atoms with Gasteiger partial charge in [0.1, 0.15) is 10.8 Å². The van der Waals surface area contributed by atoms with Crippen LogP contribution < -0.4 is 10.1 Å². The van der Waals surface area contributed by atoms with Crippen LogP contribution in [-0.4, -0.2) is 39.5 Å². The van der Waals surface area contributed by atoms with Gasteiger partial charge in [-0.3, -0.25) is 9.36 Å². The van der Waals surface area contributed by atoms with Gasteiger partial charge in [-0.25, -0.2) is 4.79 Å². The molecule has 12 heteroatoms. The lowest BCUT2D eigenvalue weighted by Crippen LogP contribution is -2.17. The Morgan fingerprint density at radius 2 is 2.16 bits per heavy atom. The molecule has 1 aliphatic carbocycles. The van der Waals surface area contributed by atoms with E-state index in [2.05, 4.69) is 29.0 Å². The Balaban J connectivity index is 1.47. The van der Waals surface area contributed by atoms with Crippen molar-refractivity contribution in [3.05, 3.63) is 62.7 Å². The van der Waals surface area contributed by atoms with Gasteiger partial charge < -0.3 is 14.8 Å². The van der Waals surface area contributed by atoms with Crippen molar-refractivity contribution in [1.82, 2.24) is 14.8 Å². The van der Waals surface area contributed by atoms with Gasteiger partial charge in [0, 0.05) is 16.4 Å². The van der Waals surface area contributed by atoms with Crippen LogP contribution in [0.3, 0.4) is 0 Å². The maximum absolute atomic E-state index is 12.9. The molecule has 4 rings (SSSR count). The lowest BCUT2D eigenvalue weighted by atomic mass is 9.88. The number of nitrogens with zero attached hydrogens (tertiary/aromatic N) is 3. The lowest BCUT2D eigenvalue weighted by molar-refractivity contribution is -0.113. The zero-order chi connectivity index (χ0) is 27.4. The number of thiophene rings is 1. The number of halogens is 2. The highest BCUT2D eigenvalue weighted by molar-refractivity contribution is 7.99. The molecule has 1 N–H and O–H groups in total. The number of fused-ring (bicyclic) bond motifs is 1. The summed E-state index contributed by atoms with van der Waals surface area (Å²) in [5.41, 5.74) is 1.47. The van der Waals surface area contributed by atoms with E-state index < -0.39 is 12.1 Å². The number of carbonyl (C=O) groups is 2. The normalized spacial score (nSPS) is 15.4. The fourth-order valence-corrected chi connectivity index (χ4v) is 6.89. The third-order valence-corrected chi connectivity index (χ3v) is 8.77. The van der Waals surface area contributed by atoms with Crippen LogP contribution in [0.4, 0.5) is 5.00 Å². The van der Waals surface area contributed by atoms with Gasteiger partial charge >= 0.3 is 5.97 Å². The summed E-state index contributed by atoms with van der Waals surface area (Å²) in [5, 5.41) is 13.5. The van der Waals surface area contributed by atoms with Crippen molar-refractivity contribution in [3.8, 4) is 5.75 Å². The number of amides is 1. The number of allylic oxidation sites excluding steroid dienone is 1. The monoisotopic (exact) mass is 594 g/mol. The second-order valence-electron chi connectivity index (χ2n) is 8.96. The van der Waals surface area contributed by atoms with Crippen LogP contribution in [0, 0.1) is 5.92 Å². The zero-order valence-corrected chi connectivity index (χ0v) is 24.4. The first kappa shape index (κ1) is 28.5. The minimum atomic E-state index is -0.480. The minimum Gasteiger partial charge on any atom is -0.481 e. The Kier molecular flexibility index (Phi) is 9.40. The van der Waals surface area contributed by atoms with E-state index in [1.807, 2.05) is 11.5 Å².